The van der Waals surface area contributed by atoms with Gasteiger partial charge in [0.25, 0.3) is 0 Å². The summed E-state index contributed by atoms with van der Waals surface area (Å²) in [6.45, 7) is 0. The summed E-state index contributed by atoms with van der Waals surface area (Å²) in [4.78, 5) is 11.3. The van der Waals surface area contributed by atoms with Crippen molar-refractivity contribution in [1.29, 1.82) is 0 Å². The molecule has 0 radical (unpaired) electrons. The van der Waals surface area contributed by atoms with E-state index in [0.29, 0.717) is 0 Å². The number of halogens is 1. The SMILES string of the molecule is O=CC(Cl)c1cc2sccc2s1. The predicted octanol–water partition coefficient (Wildman–Crippen LogP) is 3.44. The van der Waals surface area contributed by atoms with Crippen molar-refractivity contribution in [1.82, 2.24) is 0 Å². The van der Waals surface area contributed by atoms with Crippen LogP contribution in [0.1, 0.15) is 10.3 Å². The van der Waals surface area contributed by atoms with Gasteiger partial charge >= 0.3 is 0 Å². The second-order valence-corrected chi connectivity index (χ2v) is 4.87. The lowest BCUT2D eigenvalue weighted by atomic mass is 10.3. The summed E-state index contributed by atoms with van der Waals surface area (Å²) in [6.07, 6.45) is 0.761. The van der Waals surface area contributed by atoms with Gasteiger partial charge in [-0.05, 0) is 17.5 Å². The molecular weight excluding hydrogens is 212 g/mol. The Bertz CT molecular complexity index is 375. The molecule has 0 aliphatic rings. The van der Waals surface area contributed by atoms with E-state index < -0.39 is 5.38 Å². The minimum atomic E-state index is -0.477. The first-order valence-corrected chi connectivity index (χ1v) is 5.51. The molecule has 0 N–H and O–H groups in total. The smallest absolute Gasteiger partial charge is 0.143 e. The quantitative estimate of drug-likeness (QED) is 0.555. The zero-order valence-corrected chi connectivity index (χ0v) is 8.38. The summed E-state index contributed by atoms with van der Waals surface area (Å²) in [5.74, 6) is 0. The van der Waals surface area contributed by atoms with E-state index in [4.69, 9.17) is 11.6 Å². The molecule has 0 amide bonds. The van der Waals surface area contributed by atoms with Crippen LogP contribution in [0, 0.1) is 0 Å². The Morgan fingerprint density at radius 3 is 3.00 bits per heavy atom. The van der Waals surface area contributed by atoms with E-state index in [-0.39, 0.29) is 0 Å². The molecule has 0 aliphatic carbocycles. The lowest BCUT2D eigenvalue weighted by molar-refractivity contribution is -0.107. The van der Waals surface area contributed by atoms with Crippen molar-refractivity contribution in [2.24, 2.45) is 0 Å². The van der Waals surface area contributed by atoms with Gasteiger partial charge in [0.05, 0.1) is 0 Å². The normalized spacial score (nSPS) is 13.4. The monoisotopic (exact) mass is 216 g/mol. The maximum atomic E-state index is 10.4. The number of fused-ring (bicyclic) bond motifs is 1. The number of aldehydes is 1. The third-order valence-corrected chi connectivity index (χ3v) is 4.19. The molecule has 0 saturated heterocycles. The third kappa shape index (κ3) is 1.28. The molecule has 12 heavy (non-hydrogen) atoms. The van der Waals surface area contributed by atoms with Crippen LogP contribution >= 0.6 is 34.3 Å². The zero-order chi connectivity index (χ0) is 8.55. The van der Waals surface area contributed by atoms with Gasteiger partial charge in [-0.2, -0.15) is 0 Å². The highest BCUT2D eigenvalue weighted by atomic mass is 35.5. The van der Waals surface area contributed by atoms with Gasteiger partial charge in [-0.15, -0.1) is 34.3 Å². The number of thiophene rings is 2. The van der Waals surface area contributed by atoms with Crippen molar-refractivity contribution < 1.29 is 4.79 Å². The maximum absolute atomic E-state index is 10.4. The Kier molecular flexibility index (Phi) is 2.17. The molecule has 0 fully saturated rings. The first-order valence-electron chi connectivity index (χ1n) is 3.37. The molecule has 2 aromatic rings. The molecule has 2 rings (SSSR count). The van der Waals surface area contributed by atoms with Gasteiger partial charge in [-0.25, -0.2) is 0 Å². The fourth-order valence-corrected chi connectivity index (χ4v) is 3.24. The lowest BCUT2D eigenvalue weighted by Crippen LogP contribution is -1.84. The van der Waals surface area contributed by atoms with Gasteiger partial charge in [-0.3, -0.25) is 0 Å². The molecule has 1 unspecified atom stereocenters. The number of rotatable bonds is 2. The van der Waals surface area contributed by atoms with E-state index >= 15 is 0 Å². The van der Waals surface area contributed by atoms with Crippen molar-refractivity contribution in [3.8, 4) is 0 Å². The van der Waals surface area contributed by atoms with Crippen molar-refractivity contribution >= 4 is 50.0 Å². The number of carbonyl (C=O) groups is 1. The average molecular weight is 217 g/mol. The Morgan fingerprint density at radius 1 is 1.50 bits per heavy atom. The van der Waals surface area contributed by atoms with Gasteiger partial charge in [0.1, 0.15) is 11.7 Å². The van der Waals surface area contributed by atoms with Crippen LogP contribution in [-0.4, -0.2) is 6.29 Å². The fourth-order valence-electron chi connectivity index (χ4n) is 0.987. The molecule has 0 aliphatic heterocycles. The van der Waals surface area contributed by atoms with Crippen molar-refractivity contribution in [2.75, 3.05) is 0 Å². The third-order valence-electron chi connectivity index (χ3n) is 1.55. The Morgan fingerprint density at radius 2 is 2.33 bits per heavy atom. The minimum absolute atomic E-state index is 0.477. The van der Waals surface area contributed by atoms with Crippen molar-refractivity contribution in [2.45, 2.75) is 5.38 Å². The first-order chi connectivity index (χ1) is 5.81. The Labute approximate surface area is 82.6 Å². The standard InChI is InChI=1S/C8H5ClOS2/c9-5(4-10)7-3-8-6(12-7)1-2-11-8/h1-5H. The van der Waals surface area contributed by atoms with Crippen LogP contribution in [0.5, 0.6) is 0 Å². The number of carbonyl (C=O) groups excluding carboxylic acids is 1. The molecule has 1 atom stereocenters. The molecule has 1 nitrogen and oxygen atoms in total. The maximum Gasteiger partial charge on any atom is 0.143 e. The summed E-state index contributed by atoms with van der Waals surface area (Å²) in [5.41, 5.74) is 0. The summed E-state index contributed by atoms with van der Waals surface area (Å²) in [7, 11) is 0. The summed E-state index contributed by atoms with van der Waals surface area (Å²) in [5, 5.41) is 1.56. The Balaban J connectivity index is 2.50. The molecule has 0 saturated carbocycles. The Hall–Kier alpha value is -0.380. The average Bonchev–Trinajstić information content (AvgIpc) is 2.60. The van der Waals surface area contributed by atoms with Crippen LogP contribution in [0.25, 0.3) is 9.40 Å². The van der Waals surface area contributed by atoms with Crippen LogP contribution in [-0.2, 0) is 4.79 Å². The first kappa shape index (κ1) is 8.23. The second-order valence-electron chi connectivity index (χ2n) is 2.34. The molecule has 0 aromatic carbocycles. The van der Waals surface area contributed by atoms with E-state index in [1.807, 2.05) is 17.5 Å². The second kappa shape index (κ2) is 3.17. The van der Waals surface area contributed by atoms with Gasteiger partial charge < -0.3 is 4.79 Å². The molecule has 0 spiro atoms. The highest BCUT2D eigenvalue weighted by molar-refractivity contribution is 7.27. The van der Waals surface area contributed by atoms with Crippen LogP contribution in [0.3, 0.4) is 0 Å². The van der Waals surface area contributed by atoms with Gasteiger partial charge in [0.15, 0.2) is 0 Å². The summed E-state index contributed by atoms with van der Waals surface area (Å²) < 4.78 is 2.42. The van der Waals surface area contributed by atoms with Crippen LogP contribution in [0.4, 0.5) is 0 Å². The minimum Gasteiger partial charge on any atom is -0.301 e. The molecule has 2 aromatic heterocycles. The van der Waals surface area contributed by atoms with Gasteiger partial charge in [0, 0.05) is 14.3 Å². The van der Waals surface area contributed by atoms with E-state index in [1.54, 1.807) is 22.7 Å². The topological polar surface area (TPSA) is 17.1 Å². The van der Waals surface area contributed by atoms with E-state index in [0.717, 1.165) is 11.2 Å². The summed E-state index contributed by atoms with van der Waals surface area (Å²) in [6, 6.07) is 4.03. The van der Waals surface area contributed by atoms with E-state index in [1.165, 1.54) is 9.40 Å². The van der Waals surface area contributed by atoms with Crippen molar-refractivity contribution in [3.63, 3.8) is 0 Å². The summed E-state index contributed by atoms with van der Waals surface area (Å²) >= 11 is 9.02. The fraction of sp³-hybridized carbons (Fsp3) is 0.125. The highest BCUT2D eigenvalue weighted by Gasteiger charge is 2.10. The van der Waals surface area contributed by atoms with Crippen LogP contribution < -0.4 is 0 Å². The molecule has 62 valence electrons. The predicted molar refractivity (Wildman–Crippen MR) is 54.4 cm³/mol. The highest BCUT2D eigenvalue weighted by Crippen LogP contribution is 2.34. The largest absolute Gasteiger partial charge is 0.301 e. The molecular formula is C8H5ClOS2. The molecule has 0 bridgehead atoms. The van der Waals surface area contributed by atoms with E-state index in [9.17, 15) is 4.79 Å². The van der Waals surface area contributed by atoms with Crippen molar-refractivity contribution in [3.05, 3.63) is 22.4 Å². The zero-order valence-electron chi connectivity index (χ0n) is 5.99. The molecule has 2 heterocycles. The number of alkyl halides is 1. The van der Waals surface area contributed by atoms with Crippen LogP contribution in [0.2, 0.25) is 0 Å². The van der Waals surface area contributed by atoms with E-state index in [2.05, 4.69) is 0 Å². The van der Waals surface area contributed by atoms with Crippen LogP contribution in [0.15, 0.2) is 17.5 Å². The lowest BCUT2D eigenvalue weighted by Gasteiger charge is -1.92. The number of hydrogen-bond donors (Lipinski definition) is 0. The van der Waals surface area contributed by atoms with Gasteiger partial charge in [-0.1, -0.05) is 0 Å². The number of hydrogen-bond acceptors (Lipinski definition) is 3. The molecule has 4 heteroatoms. The van der Waals surface area contributed by atoms with Gasteiger partial charge in [0.2, 0.25) is 0 Å².